The smallest absolute Gasteiger partial charge is 0.329 e. The molecule has 0 bridgehead atoms. The van der Waals surface area contributed by atoms with Crippen LogP contribution in [0.4, 0.5) is 0 Å². The molecule has 1 atom stereocenters. The Morgan fingerprint density at radius 2 is 2.54 bits per heavy atom. The number of carbonyl (C=O) groups is 2. The number of amides is 1. The summed E-state index contributed by atoms with van der Waals surface area (Å²) in [5.74, 6) is -0.919. The molecule has 5 heteroatoms. The molecule has 1 rings (SSSR count). The number of hydrogen-bond acceptors (Lipinski definition) is 3. The van der Waals surface area contributed by atoms with Crippen molar-refractivity contribution in [2.45, 2.75) is 18.9 Å². The largest absolute Gasteiger partial charge is 0.478 e. The SMILES string of the molecule is O=C(O)/C=C/NCC1CCC(=O)N1. The van der Waals surface area contributed by atoms with Crippen molar-refractivity contribution in [1.29, 1.82) is 0 Å². The molecule has 0 radical (unpaired) electrons. The van der Waals surface area contributed by atoms with Gasteiger partial charge in [0, 0.05) is 31.3 Å². The van der Waals surface area contributed by atoms with Crippen LogP contribution < -0.4 is 10.6 Å². The molecule has 1 aliphatic heterocycles. The molecule has 0 aromatic carbocycles. The van der Waals surface area contributed by atoms with E-state index in [9.17, 15) is 9.59 Å². The Kier molecular flexibility index (Phi) is 3.31. The highest BCUT2D eigenvalue weighted by molar-refractivity contribution is 5.79. The topological polar surface area (TPSA) is 78.4 Å². The Bertz CT molecular complexity index is 238. The number of carbonyl (C=O) groups excluding carboxylic acids is 1. The molecule has 0 saturated carbocycles. The van der Waals surface area contributed by atoms with E-state index in [-0.39, 0.29) is 11.9 Å². The van der Waals surface area contributed by atoms with Gasteiger partial charge in [-0.1, -0.05) is 0 Å². The van der Waals surface area contributed by atoms with Crippen molar-refractivity contribution in [3.8, 4) is 0 Å². The predicted octanol–water partition coefficient (Wildman–Crippen LogP) is -0.547. The van der Waals surface area contributed by atoms with Crippen molar-refractivity contribution in [2.75, 3.05) is 6.54 Å². The molecule has 1 heterocycles. The number of carboxylic acids is 1. The van der Waals surface area contributed by atoms with E-state index in [2.05, 4.69) is 10.6 Å². The molecule has 0 aliphatic carbocycles. The zero-order valence-corrected chi connectivity index (χ0v) is 7.12. The van der Waals surface area contributed by atoms with E-state index in [1.165, 1.54) is 6.20 Å². The molecule has 1 unspecified atom stereocenters. The van der Waals surface area contributed by atoms with Crippen LogP contribution in [-0.4, -0.2) is 29.6 Å². The number of carboxylic acid groups (broad SMARTS) is 1. The Morgan fingerprint density at radius 3 is 3.08 bits per heavy atom. The van der Waals surface area contributed by atoms with Gasteiger partial charge in [0.1, 0.15) is 0 Å². The van der Waals surface area contributed by atoms with Gasteiger partial charge in [-0.15, -0.1) is 0 Å². The minimum Gasteiger partial charge on any atom is -0.478 e. The highest BCUT2D eigenvalue weighted by Gasteiger charge is 2.19. The summed E-state index contributed by atoms with van der Waals surface area (Å²) in [4.78, 5) is 20.8. The lowest BCUT2D eigenvalue weighted by Gasteiger charge is -2.08. The van der Waals surface area contributed by atoms with E-state index in [1.807, 2.05) is 0 Å². The van der Waals surface area contributed by atoms with Gasteiger partial charge in [-0.25, -0.2) is 4.79 Å². The molecule has 5 nitrogen and oxygen atoms in total. The van der Waals surface area contributed by atoms with Crippen LogP contribution in [0.5, 0.6) is 0 Å². The lowest BCUT2D eigenvalue weighted by molar-refractivity contribution is -0.131. The van der Waals surface area contributed by atoms with Gasteiger partial charge >= 0.3 is 5.97 Å². The third kappa shape index (κ3) is 3.59. The molecular formula is C8H12N2O3. The highest BCUT2D eigenvalue weighted by atomic mass is 16.4. The van der Waals surface area contributed by atoms with Crippen molar-refractivity contribution in [2.24, 2.45) is 0 Å². The minimum absolute atomic E-state index is 0.0639. The van der Waals surface area contributed by atoms with Crippen molar-refractivity contribution in [3.05, 3.63) is 12.3 Å². The normalized spacial score (nSPS) is 21.8. The second kappa shape index (κ2) is 4.49. The molecule has 72 valence electrons. The maximum Gasteiger partial charge on any atom is 0.329 e. The Hall–Kier alpha value is -1.52. The van der Waals surface area contributed by atoms with E-state index in [0.717, 1.165) is 12.5 Å². The van der Waals surface area contributed by atoms with Crippen LogP contribution in [0.2, 0.25) is 0 Å². The van der Waals surface area contributed by atoms with Crippen molar-refractivity contribution in [1.82, 2.24) is 10.6 Å². The second-order valence-electron chi connectivity index (χ2n) is 2.88. The number of nitrogens with one attached hydrogen (secondary N) is 2. The predicted molar refractivity (Wildman–Crippen MR) is 45.9 cm³/mol. The van der Waals surface area contributed by atoms with E-state index < -0.39 is 5.97 Å². The average molecular weight is 184 g/mol. The first-order chi connectivity index (χ1) is 6.18. The second-order valence-corrected chi connectivity index (χ2v) is 2.88. The Balaban J connectivity index is 2.13. The van der Waals surface area contributed by atoms with Gasteiger partial charge in [0.25, 0.3) is 0 Å². The zero-order chi connectivity index (χ0) is 9.68. The van der Waals surface area contributed by atoms with E-state index >= 15 is 0 Å². The summed E-state index contributed by atoms with van der Waals surface area (Å²) in [5, 5.41) is 13.8. The summed E-state index contributed by atoms with van der Waals surface area (Å²) in [6.07, 6.45) is 3.77. The number of rotatable bonds is 4. The van der Waals surface area contributed by atoms with Gasteiger partial charge in [0.05, 0.1) is 0 Å². The summed E-state index contributed by atoms with van der Waals surface area (Å²) in [6.45, 7) is 0.579. The van der Waals surface area contributed by atoms with E-state index in [0.29, 0.717) is 13.0 Å². The van der Waals surface area contributed by atoms with Gasteiger partial charge in [-0.3, -0.25) is 4.79 Å². The molecule has 1 fully saturated rings. The maximum absolute atomic E-state index is 10.7. The van der Waals surface area contributed by atoms with Crippen LogP contribution in [0.15, 0.2) is 12.3 Å². The average Bonchev–Trinajstić information content (AvgIpc) is 2.45. The fraction of sp³-hybridized carbons (Fsp3) is 0.500. The standard InChI is InChI=1S/C8H12N2O3/c11-7-2-1-6(10-7)5-9-4-3-8(12)13/h3-4,6,9H,1-2,5H2,(H,10,11)(H,12,13)/b4-3+. The lowest BCUT2D eigenvalue weighted by Crippen LogP contribution is -2.33. The van der Waals surface area contributed by atoms with Gasteiger partial charge in [0.2, 0.25) is 5.91 Å². The van der Waals surface area contributed by atoms with Gasteiger partial charge in [-0.05, 0) is 6.42 Å². The van der Waals surface area contributed by atoms with Crippen LogP contribution in [0.25, 0.3) is 0 Å². The van der Waals surface area contributed by atoms with Gasteiger partial charge in [-0.2, -0.15) is 0 Å². The first kappa shape index (κ1) is 9.57. The molecule has 0 aromatic heterocycles. The van der Waals surface area contributed by atoms with Crippen molar-refractivity contribution in [3.63, 3.8) is 0 Å². The molecule has 13 heavy (non-hydrogen) atoms. The number of hydrogen-bond donors (Lipinski definition) is 3. The monoisotopic (exact) mass is 184 g/mol. The third-order valence-corrected chi connectivity index (χ3v) is 1.79. The maximum atomic E-state index is 10.7. The molecule has 0 aromatic rings. The summed E-state index contributed by atoms with van der Waals surface area (Å²) in [5.41, 5.74) is 0. The van der Waals surface area contributed by atoms with E-state index in [1.54, 1.807) is 0 Å². The molecular weight excluding hydrogens is 172 g/mol. The summed E-state index contributed by atoms with van der Waals surface area (Å²) in [7, 11) is 0. The molecule has 1 saturated heterocycles. The van der Waals surface area contributed by atoms with E-state index in [4.69, 9.17) is 5.11 Å². The third-order valence-electron chi connectivity index (χ3n) is 1.79. The fourth-order valence-corrected chi connectivity index (χ4v) is 1.17. The van der Waals surface area contributed by atoms with Crippen LogP contribution in [0.1, 0.15) is 12.8 Å². The quantitative estimate of drug-likeness (QED) is 0.512. The van der Waals surface area contributed by atoms with Gasteiger partial charge < -0.3 is 15.7 Å². The Morgan fingerprint density at radius 1 is 1.77 bits per heavy atom. The zero-order valence-electron chi connectivity index (χ0n) is 7.12. The summed E-state index contributed by atoms with van der Waals surface area (Å²) >= 11 is 0. The van der Waals surface area contributed by atoms with Crippen LogP contribution in [-0.2, 0) is 9.59 Å². The molecule has 3 N–H and O–H groups in total. The molecule has 1 amide bonds. The first-order valence-electron chi connectivity index (χ1n) is 4.10. The van der Waals surface area contributed by atoms with Crippen LogP contribution in [0.3, 0.4) is 0 Å². The Labute approximate surface area is 75.8 Å². The lowest BCUT2D eigenvalue weighted by atomic mass is 10.2. The van der Waals surface area contributed by atoms with Crippen LogP contribution >= 0.6 is 0 Å². The van der Waals surface area contributed by atoms with Crippen LogP contribution in [0, 0.1) is 0 Å². The number of aliphatic carboxylic acids is 1. The van der Waals surface area contributed by atoms with Crippen molar-refractivity contribution >= 4 is 11.9 Å². The minimum atomic E-state index is -0.983. The van der Waals surface area contributed by atoms with Gasteiger partial charge in [0.15, 0.2) is 0 Å². The fourth-order valence-electron chi connectivity index (χ4n) is 1.17. The summed E-state index contributed by atoms with van der Waals surface area (Å²) < 4.78 is 0. The first-order valence-corrected chi connectivity index (χ1v) is 4.10. The molecule has 0 spiro atoms. The highest BCUT2D eigenvalue weighted by Crippen LogP contribution is 2.04. The van der Waals surface area contributed by atoms with Crippen molar-refractivity contribution < 1.29 is 14.7 Å². The summed E-state index contributed by atoms with van der Waals surface area (Å²) in [6, 6.07) is 0.131. The molecule has 1 aliphatic rings.